The summed E-state index contributed by atoms with van der Waals surface area (Å²) < 4.78 is 52.8. The number of fused-ring (bicyclic) bond motifs is 1. The molecule has 0 aliphatic heterocycles. The van der Waals surface area contributed by atoms with Crippen LogP contribution in [0.25, 0.3) is 10.9 Å². The number of hydrogen-bond acceptors (Lipinski definition) is 6. The highest BCUT2D eigenvalue weighted by molar-refractivity contribution is 7.93. The van der Waals surface area contributed by atoms with Crippen molar-refractivity contribution < 1.29 is 22.0 Å². The number of aryl methyl sites for hydroxylation is 1. The largest absolute Gasteiger partial charge is 0.350 e. The van der Waals surface area contributed by atoms with Crippen molar-refractivity contribution in [3.8, 4) is 0 Å². The molecule has 0 atom stereocenters. The van der Waals surface area contributed by atoms with Crippen molar-refractivity contribution in [3.05, 3.63) is 64.3 Å². The number of rotatable bonds is 9. The van der Waals surface area contributed by atoms with Crippen molar-refractivity contribution >= 4 is 57.4 Å². The minimum atomic E-state index is -4.28. The topological polar surface area (TPSA) is 85.8 Å². The molecule has 0 aliphatic carbocycles. The summed E-state index contributed by atoms with van der Waals surface area (Å²) in [4.78, 5) is 4.38. The molecular weight excluding hydrogens is 494 g/mol. The second kappa shape index (κ2) is 10.1. The highest BCUT2D eigenvalue weighted by atomic mass is 35.5. The van der Waals surface area contributed by atoms with Crippen LogP contribution < -0.4 is 4.31 Å². The molecule has 0 N–H and O–H groups in total. The van der Waals surface area contributed by atoms with Crippen molar-refractivity contribution in [1.82, 2.24) is 4.98 Å². The van der Waals surface area contributed by atoms with E-state index in [-0.39, 0.29) is 33.8 Å². The van der Waals surface area contributed by atoms with Gasteiger partial charge in [0.2, 0.25) is 0 Å². The van der Waals surface area contributed by atoms with E-state index in [4.69, 9.17) is 32.2 Å². The van der Waals surface area contributed by atoms with E-state index in [1.165, 1.54) is 18.2 Å². The Kier molecular flexibility index (Phi) is 7.86. The number of benzene rings is 2. The standard InChI is InChI=1S/C21H23Cl2N2O5PS/c1-4-29-31(26,30-5-2)14-25(32(27,28)19-12-17(22)11-18(23)13-19)20-8-6-7-16-10-9-15(3)24-21(16)20/h6-13H,4-5,14H2,1-3H3. The van der Waals surface area contributed by atoms with Gasteiger partial charge in [-0.05, 0) is 51.1 Å². The van der Waals surface area contributed by atoms with Crippen LogP contribution in [-0.4, -0.2) is 32.9 Å². The zero-order chi connectivity index (χ0) is 23.5. The third-order valence-electron chi connectivity index (χ3n) is 4.48. The monoisotopic (exact) mass is 516 g/mol. The first-order valence-electron chi connectivity index (χ1n) is 9.83. The molecule has 32 heavy (non-hydrogen) atoms. The molecule has 1 aromatic heterocycles. The van der Waals surface area contributed by atoms with Gasteiger partial charge in [0.15, 0.2) is 0 Å². The van der Waals surface area contributed by atoms with E-state index in [0.717, 1.165) is 9.69 Å². The van der Waals surface area contributed by atoms with Gasteiger partial charge in [-0.3, -0.25) is 13.9 Å². The van der Waals surface area contributed by atoms with Crippen LogP contribution >= 0.6 is 30.8 Å². The zero-order valence-electron chi connectivity index (χ0n) is 17.8. The van der Waals surface area contributed by atoms with Crippen LogP contribution in [0.1, 0.15) is 19.5 Å². The fourth-order valence-corrected chi connectivity index (χ4v) is 7.58. The quantitative estimate of drug-likeness (QED) is 0.311. The molecule has 11 heteroatoms. The second-order valence-corrected chi connectivity index (χ2v) is 11.6. The molecule has 3 aromatic rings. The summed E-state index contributed by atoms with van der Waals surface area (Å²) in [5.74, 6) is 0. The Labute approximate surface area is 197 Å². The molecule has 0 amide bonds. The van der Waals surface area contributed by atoms with Crippen LogP contribution in [-0.2, 0) is 23.6 Å². The summed E-state index contributed by atoms with van der Waals surface area (Å²) in [5.41, 5.74) is 1.37. The van der Waals surface area contributed by atoms with Gasteiger partial charge in [-0.2, -0.15) is 0 Å². The molecule has 0 saturated heterocycles. The van der Waals surface area contributed by atoms with Crippen molar-refractivity contribution in [2.45, 2.75) is 25.7 Å². The third-order valence-corrected chi connectivity index (χ3v) is 8.78. The van der Waals surface area contributed by atoms with Crippen LogP contribution in [0.15, 0.2) is 53.4 Å². The fourth-order valence-electron chi connectivity index (χ4n) is 3.19. The van der Waals surface area contributed by atoms with E-state index in [1.54, 1.807) is 32.9 Å². The molecule has 0 spiro atoms. The SMILES string of the molecule is CCOP(=O)(CN(c1cccc2ccc(C)nc12)S(=O)(=O)c1cc(Cl)cc(Cl)c1)OCC. The maximum Gasteiger partial charge on any atom is 0.350 e. The second-order valence-electron chi connectivity index (χ2n) is 6.85. The van der Waals surface area contributed by atoms with E-state index in [9.17, 15) is 13.0 Å². The molecule has 0 saturated carbocycles. The van der Waals surface area contributed by atoms with Crippen LogP contribution in [0, 0.1) is 6.92 Å². The van der Waals surface area contributed by atoms with Crippen LogP contribution in [0.3, 0.4) is 0 Å². The summed E-state index contributed by atoms with van der Waals surface area (Å²) in [5, 5.41) is 1.03. The molecule has 2 aromatic carbocycles. The van der Waals surface area contributed by atoms with Crippen molar-refractivity contribution in [2.75, 3.05) is 23.8 Å². The summed E-state index contributed by atoms with van der Waals surface area (Å²) >= 11 is 12.1. The van der Waals surface area contributed by atoms with Crippen molar-refractivity contribution in [1.29, 1.82) is 0 Å². The number of pyridine rings is 1. The Morgan fingerprint density at radius 3 is 2.22 bits per heavy atom. The highest BCUT2D eigenvalue weighted by Crippen LogP contribution is 2.50. The first-order valence-corrected chi connectivity index (χ1v) is 13.8. The molecule has 172 valence electrons. The summed E-state index contributed by atoms with van der Waals surface area (Å²) in [6, 6.07) is 12.8. The van der Waals surface area contributed by atoms with Crippen LogP contribution in [0.4, 0.5) is 5.69 Å². The molecular formula is C21H23Cl2N2O5PS. The molecule has 0 fully saturated rings. The molecule has 0 aliphatic rings. The van der Waals surface area contributed by atoms with Gasteiger partial charge in [0, 0.05) is 21.1 Å². The lowest BCUT2D eigenvalue weighted by Crippen LogP contribution is -2.33. The Morgan fingerprint density at radius 1 is 1.00 bits per heavy atom. The van der Waals surface area contributed by atoms with Gasteiger partial charge in [0.1, 0.15) is 6.29 Å². The number of aromatic nitrogens is 1. The van der Waals surface area contributed by atoms with Gasteiger partial charge in [-0.1, -0.05) is 41.4 Å². The predicted octanol–water partition coefficient (Wildman–Crippen LogP) is 6.27. The Bertz CT molecular complexity index is 1260. The minimum Gasteiger partial charge on any atom is -0.308 e. The number of anilines is 1. The van der Waals surface area contributed by atoms with Crippen molar-refractivity contribution in [3.63, 3.8) is 0 Å². The average Bonchev–Trinajstić information content (AvgIpc) is 2.71. The molecule has 1 heterocycles. The first kappa shape index (κ1) is 25.0. The molecule has 0 bridgehead atoms. The van der Waals surface area contributed by atoms with Gasteiger partial charge in [-0.25, -0.2) is 8.42 Å². The summed E-state index contributed by atoms with van der Waals surface area (Å²) in [7, 11) is -8.10. The maximum absolute atomic E-state index is 13.8. The highest BCUT2D eigenvalue weighted by Gasteiger charge is 2.36. The lowest BCUT2D eigenvalue weighted by molar-refractivity contribution is 0.221. The fraction of sp³-hybridized carbons (Fsp3) is 0.286. The number of halogens is 2. The van der Waals surface area contributed by atoms with Gasteiger partial charge < -0.3 is 9.05 Å². The zero-order valence-corrected chi connectivity index (χ0v) is 21.0. The Morgan fingerprint density at radius 2 is 1.62 bits per heavy atom. The van der Waals surface area contributed by atoms with Gasteiger partial charge in [0.25, 0.3) is 10.0 Å². The normalized spacial score (nSPS) is 12.3. The van der Waals surface area contributed by atoms with E-state index in [1.807, 2.05) is 18.2 Å². The summed E-state index contributed by atoms with van der Waals surface area (Å²) in [6.45, 7) is 5.29. The number of para-hydroxylation sites is 1. The third kappa shape index (κ3) is 5.45. The lowest BCUT2D eigenvalue weighted by atomic mass is 10.2. The van der Waals surface area contributed by atoms with Crippen LogP contribution in [0.2, 0.25) is 10.0 Å². The minimum absolute atomic E-state index is 0.0844. The van der Waals surface area contributed by atoms with Gasteiger partial charge >= 0.3 is 7.60 Å². The molecule has 3 rings (SSSR count). The Balaban J connectivity index is 2.27. The number of hydrogen-bond donors (Lipinski definition) is 0. The molecule has 0 radical (unpaired) electrons. The van der Waals surface area contributed by atoms with E-state index in [0.29, 0.717) is 11.2 Å². The van der Waals surface area contributed by atoms with Gasteiger partial charge in [0.05, 0.1) is 29.3 Å². The number of nitrogens with zero attached hydrogens (tertiary/aromatic N) is 2. The van der Waals surface area contributed by atoms with E-state index >= 15 is 0 Å². The number of sulfonamides is 1. The first-order chi connectivity index (χ1) is 15.1. The summed E-state index contributed by atoms with van der Waals surface area (Å²) in [6.07, 6.45) is -0.546. The predicted molar refractivity (Wildman–Crippen MR) is 128 cm³/mol. The van der Waals surface area contributed by atoms with Crippen molar-refractivity contribution in [2.24, 2.45) is 0 Å². The molecule has 0 unspecified atom stereocenters. The Hall–Kier alpha value is -1.67. The van der Waals surface area contributed by atoms with E-state index in [2.05, 4.69) is 4.98 Å². The van der Waals surface area contributed by atoms with E-state index < -0.39 is 23.9 Å². The lowest BCUT2D eigenvalue weighted by Gasteiger charge is -2.29. The molecule has 7 nitrogen and oxygen atoms in total. The smallest absolute Gasteiger partial charge is 0.308 e. The maximum atomic E-state index is 13.8. The van der Waals surface area contributed by atoms with Gasteiger partial charge in [-0.15, -0.1) is 0 Å². The average molecular weight is 517 g/mol. The van der Waals surface area contributed by atoms with Crippen LogP contribution in [0.5, 0.6) is 0 Å².